The maximum absolute atomic E-state index is 14.8. The Labute approximate surface area is 171 Å². The largest absolute Gasteiger partial charge is 0.497 e. The normalized spacial score (nSPS) is 13.6. The fraction of sp³-hybridized carbons (Fsp3) is 0.381. The van der Waals surface area contributed by atoms with Gasteiger partial charge in [-0.2, -0.15) is 0 Å². The molecule has 158 valence electrons. The van der Waals surface area contributed by atoms with Crippen molar-refractivity contribution in [3.05, 3.63) is 52.5 Å². The molecule has 1 amide bonds. The number of rotatable bonds is 8. The quantitative estimate of drug-likeness (QED) is 0.548. The summed E-state index contributed by atoms with van der Waals surface area (Å²) in [5.74, 6) is -0.170. The molecule has 1 saturated carbocycles. The van der Waals surface area contributed by atoms with Gasteiger partial charge in [0.05, 0.1) is 12.8 Å². The number of nitrogens with one attached hydrogen (secondary N) is 1. The lowest BCUT2D eigenvalue weighted by atomic mass is 10.1. The number of halogens is 1. The molecule has 0 radical (unpaired) electrons. The predicted octanol–water partition coefficient (Wildman–Crippen LogP) is 1.83. The maximum Gasteiger partial charge on any atom is 0.294 e. The number of aliphatic hydroxyl groups is 1. The molecule has 2 aromatic heterocycles. The molecule has 0 aliphatic heterocycles. The molecule has 0 unspecified atom stereocenters. The number of fused-ring (bicyclic) bond motifs is 1. The van der Waals surface area contributed by atoms with Crippen LogP contribution >= 0.6 is 0 Å². The van der Waals surface area contributed by atoms with E-state index in [0.717, 1.165) is 12.8 Å². The molecule has 4 rings (SSSR count). The van der Waals surface area contributed by atoms with Crippen LogP contribution in [0.15, 0.2) is 35.4 Å². The number of carbonyl (C=O) groups excluding carboxylic acids is 1. The number of benzene rings is 1. The summed E-state index contributed by atoms with van der Waals surface area (Å²) in [4.78, 5) is 29.7. The number of carbonyl (C=O) groups is 1. The predicted molar refractivity (Wildman–Crippen MR) is 108 cm³/mol. The SMILES string of the molecule is COc1ccc(-c2cn3cc(C(=O)NCCCO)nc3c(=O)n2CC2CC2)c(F)c1. The minimum atomic E-state index is -0.500. The minimum Gasteiger partial charge on any atom is -0.497 e. The van der Waals surface area contributed by atoms with Crippen molar-refractivity contribution in [3.63, 3.8) is 0 Å². The van der Waals surface area contributed by atoms with E-state index in [-0.39, 0.29) is 29.1 Å². The average molecular weight is 414 g/mol. The van der Waals surface area contributed by atoms with Crippen LogP contribution in [0.5, 0.6) is 5.75 Å². The highest BCUT2D eigenvalue weighted by Crippen LogP contribution is 2.33. The van der Waals surface area contributed by atoms with Crippen LogP contribution in [0.3, 0.4) is 0 Å². The van der Waals surface area contributed by atoms with Crippen molar-refractivity contribution in [1.82, 2.24) is 19.3 Å². The molecule has 2 N–H and O–H groups in total. The first kappa shape index (κ1) is 20.1. The summed E-state index contributed by atoms with van der Waals surface area (Å²) in [5, 5.41) is 11.5. The molecule has 1 aromatic carbocycles. The van der Waals surface area contributed by atoms with Gasteiger partial charge in [0.15, 0.2) is 0 Å². The van der Waals surface area contributed by atoms with Gasteiger partial charge in [0, 0.05) is 43.7 Å². The molecule has 0 saturated heterocycles. The van der Waals surface area contributed by atoms with Crippen LogP contribution in [0.1, 0.15) is 29.8 Å². The fourth-order valence-electron chi connectivity index (χ4n) is 3.35. The summed E-state index contributed by atoms with van der Waals surface area (Å²) in [6.45, 7) is 0.743. The van der Waals surface area contributed by atoms with Gasteiger partial charge in [-0.05, 0) is 37.3 Å². The lowest BCUT2D eigenvalue weighted by Gasteiger charge is -2.14. The lowest BCUT2D eigenvalue weighted by Crippen LogP contribution is -2.26. The molecule has 0 bridgehead atoms. The second-order valence-electron chi connectivity index (χ2n) is 7.41. The molecular weight excluding hydrogens is 391 g/mol. The van der Waals surface area contributed by atoms with E-state index in [2.05, 4.69) is 10.3 Å². The molecule has 3 aromatic rings. The molecule has 1 aliphatic carbocycles. The van der Waals surface area contributed by atoms with Crippen LogP contribution in [-0.2, 0) is 6.54 Å². The summed E-state index contributed by atoms with van der Waals surface area (Å²) >= 11 is 0. The van der Waals surface area contributed by atoms with Gasteiger partial charge in [0.1, 0.15) is 17.3 Å². The summed E-state index contributed by atoms with van der Waals surface area (Å²) < 4.78 is 22.9. The Kier molecular flexibility index (Phi) is 5.54. The molecule has 1 fully saturated rings. The van der Waals surface area contributed by atoms with Crippen molar-refractivity contribution in [2.45, 2.75) is 25.8 Å². The van der Waals surface area contributed by atoms with E-state index in [1.807, 2.05) is 0 Å². The third-order valence-corrected chi connectivity index (χ3v) is 5.16. The summed E-state index contributed by atoms with van der Waals surface area (Å²) in [7, 11) is 1.46. The van der Waals surface area contributed by atoms with Crippen molar-refractivity contribution in [1.29, 1.82) is 0 Å². The summed E-state index contributed by atoms with van der Waals surface area (Å²) in [5.41, 5.74) is 0.530. The average Bonchev–Trinajstić information content (AvgIpc) is 3.45. The van der Waals surface area contributed by atoms with E-state index in [4.69, 9.17) is 9.84 Å². The van der Waals surface area contributed by atoms with Crippen LogP contribution in [-0.4, -0.2) is 45.2 Å². The van der Waals surface area contributed by atoms with Gasteiger partial charge < -0.3 is 19.7 Å². The Balaban J connectivity index is 1.80. The number of aliphatic hydroxyl groups excluding tert-OH is 1. The van der Waals surface area contributed by atoms with E-state index in [0.29, 0.717) is 36.9 Å². The van der Waals surface area contributed by atoms with Gasteiger partial charge in [0.2, 0.25) is 5.65 Å². The Morgan fingerprint density at radius 1 is 1.37 bits per heavy atom. The molecule has 8 nitrogen and oxygen atoms in total. The van der Waals surface area contributed by atoms with E-state index in [9.17, 15) is 14.0 Å². The van der Waals surface area contributed by atoms with Crippen molar-refractivity contribution in [2.24, 2.45) is 5.92 Å². The van der Waals surface area contributed by atoms with Crippen molar-refractivity contribution < 1.29 is 19.0 Å². The molecule has 1 aliphatic rings. The first-order valence-corrected chi connectivity index (χ1v) is 9.87. The van der Waals surface area contributed by atoms with Crippen LogP contribution in [0, 0.1) is 11.7 Å². The molecule has 9 heteroatoms. The van der Waals surface area contributed by atoms with Gasteiger partial charge in [0.25, 0.3) is 11.5 Å². The van der Waals surface area contributed by atoms with E-state index < -0.39 is 11.7 Å². The van der Waals surface area contributed by atoms with Crippen molar-refractivity contribution in [3.8, 4) is 17.0 Å². The Bertz CT molecular complexity index is 1150. The lowest BCUT2D eigenvalue weighted by molar-refractivity contribution is 0.0946. The minimum absolute atomic E-state index is 0.0336. The Morgan fingerprint density at radius 2 is 2.17 bits per heavy atom. The highest BCUT2D eigenvalue weighted by molar-refractivity contribution is 5.92. The van der Waals surface area contributed by atoms with Crippen LogP contribution in [0.25, 0.3) is 16.9 Å². The second-order valence-corrected chi connectivity index (χ2v) is 7.41. The zero-order valence-electron chi connectivity index (χ0n) is 16.6. The molecule has 2 heterocycles. The zero-order valence-corrected chi connectivity index (χ0v) is 16.6. The molecular formula is C21H23FN4O4. The maximum atomic E-state index is 14.8. The Hall–Kier alpha value is -3.20. The van der Waals surface area contributed by atoms with Crippen LogP contribution in [0.4, 0.5) is 4.39 Å². The molecule has 30 heavy (non-hydrogen) atoms. The summed E-state index contributed by atoms with van der Waals surface area (Å²) in [6.07, 6.45) is 5.55. The topological polar surface area (TPSA) is 97.9 Å². The van der Waals surface area contributed by atoms with E-state index in [1.165, 1.54) is 23.8 Å². The number of imidazole rings is 1. The second kappa shape index (κ2) is 8.27. The number of hydrogen-bond acceptors (Lipinski definition) is 5. The number of amides is 1. The fourth-order valence-corrected chi connectivity index (χ4v) is 3.35. The summed E-state index contributed by atoms with van der Waals surface area (Å²) in [6, 6.07) is 4.50. The zero-order chi connectivity index (χ0) is 21.3. The number of methoxy groups -OCH3 is 1. The highest BCUT2D eigenvalue weighted by atomic mass is 19.1. The van der Waals surface area contributed by atoms with E-state index >= 15 is 0 Å². The number of aromatic nitrogens is 3. The smallest absolute Gasteiger partial charge is 0.294 e. The van der Waals surface area contributed by atoms with Gasteiger partial charge in [-0.3, -0.25) is 14.0 Å². The highest BCUT2D eigenvalue weighted by Gasteiger charge is 2.26. The van der Waals surface area contributed by atoms with Crippen LogP contribution in [0.2, 0.25) is 0 Å². The monoisotopic (exact) mass is 414 g/mol. The van der Waals surface area contributed by atoms with Crippen LogP contribution < -0.4 is 15.6 Å². The van der Waals surface area contributed by atoms with Gasteiger partial charge in [-0.15, -0.1) is 0 Å². The first-order chi connectivity index (χ1) is 14.5. The van der Waals surface area contributed by atoms with Crippen molar-refractivity contribution >= 4 is 11.6 Å². The third kappa shape index (κ3) is 3.93. The van der Waals surface area contributed by atoms with Gasteiger partial charge >= 0.3 is 0 Å². The number of ether oxygens (including phenoxy) is 1. The standard InChI is InChI=1S/C21H23FN4O4/c1-30-14-5-6-15(16(22)9-14)18-12-25-11-17(20(28)23-7-2-8-27)24-19(25)21(29)26(18)10-13-3-4-13/h5-6,9,11-13,27H,2-4,7-8,10H2,1H3,(H,23,28). The molecule has 0 spiro atoms. The number of hydrogen-bond donors (Lipinski definition) is 2. The Morgan fingerprint density at radius 3 is 2.83 bits per heavy atom. The van der Waals surface area contributed by atoms with Gasteiger partial charge in [-0.25, -0.2) is 9.37 Å². The van der Waals surface area contributed by atoms with Gasteiger partial charge in [-0.1, -0.05) is 0 Å². The first-order valence-electron chi connectivity index (χ1n) is 9.87. The van der Waals surface area contributed by atoms with Crippen molar-refractivity contribution in [2.75, 3.05) is 20.3 Å². The van der Waals surface area contributed by atoms with E-state index in [1.54, 1.807) is 22.9 Å². The third-order valence-electron chi connectivity index (χ3n) is 5.16. The number of nitrogens with zero attached hydrogens (tertiary/aromatic N) is 3. The molecule has 0 atom stereocenters.